The van der Waals surface area contributed by atoms with Gasteiger partial charge in [-0.25, -0.2) is 9.97 Å². The Morgan fingerprint density at radius 3 is 1.28 bits per heavy atom. The third-order valence-corrected chi connectivity index (χ3v) is 10.3. The Bertz CT molecular complexity index is 2150. The summed E-state index contributed by atoms with van der Waals surface area (Å²) in [5, 5.41) is 39.2. The van der Waals surface area contributed by atoms with Gasteiger partial charge in [0.2, 0.25) is 0 Å². The van der Waals surface area contributed by atoms with Crippen molar-refractivity contribution in [2.75, 3.05) is 39.5 Å². The summed E-state index contributed by atoms with van der Waals surface area (Å²) in [5.41, 5.74) is 12.7. The number of nitrogens with zero attached hydrogens (tertiary/aromatic N) is 2. The van der Waals surface area contributed by atoms with Gasteiger partial charge in [-0.2, -0.15) is 0 Å². The van der Waals surface area contributed by atoms with Crippen LogP contribution in [0.25, 0.3) is 44.3 Å². The monoisotopic (exact) mass is 810 g/mol. The number of rotatable bonds is 25. The third kappa shape index (κ3) is 12.7. The molecule has 2 aromatic heterocycles. The number of hydrogen-bond donors (Lipinski definition) is 6. The molecule has 0 atom stereocenters. The average Bonchev–Trinajstić information content (AvgIpc) is 3.27. The molecule has 6 rings (SSSR count). The number of hydrogen-bond acceptors (Lipinski definition) is 12. The van der Waals surface area contributed by atoms with Gasteiger partial charge >= 0.3 is 14.2 Å². The highest BCUT2D eigenvalue weighted by atomic mass is 16.5. The largest absolute Gasteiger partial charge is 0.488 e. The van der Waals surface area contributed by atoms with Gasteiger partial charge < -0.3 is 29.6 Å². The average molecular weight is 811 g/mol. The lowest BCUT2D eigenvalue weighted by atomic mass is 9.80. The molecule has 0 amide bonds. The highest BCUT2D eigenvalue weighted by molar-refractivity contribution is 6.59. The zero-order valence-corrected chi connectivity index (χ0v) is 33.8. The molecule has 0 radical (unpaired) electrons. The molecule has 14 heteroatoms. The summed E-state index contributed by atoms with van der Waals surface area (Å²) in [7, 11) is -3.10. The summed E-state index contributed by atoms with van der Waals surface area (Å²) in [6.45, 7) is 2.75. The van der Waals surface area contributed by atoms with Crippen LogP contribution in [-0.4, -0.2) is 95.4 Å². The lowest BCUT2D eigenvalue weighted by Gasteiger charge is -2.11. The van der Waals surface area contributed by atoms with E-state index >= 15 is 0 Å². The lowest BCUT2D eigenvalue weighted by molar-refractivity contribution is 0.0749. The van der Waals surface area contributed by atoms with Crippen LogP contribution in [0, 0.1) is 0 Å². The summed E-state index contributed by atoms with van der Waals surface area (Å²) in [4.78, 5) is 35.9. The molecule has 0 spiro atoms. The van der Waals surface area contributed by atoms with E-state index < -0.39 is 14.2 Å². The molecule has 0 aliphatic carbocycles. The van der Waals surface area contributed by atoms with Crippen molar-refractivity contribution in [1.82, 2.24) is 20.8 Å². The van der Waals surface area contributed by atoms with Gasteiger partial charge in [-0.05, 0) is 60.9 Å². The van der Waals surface area contributed by atoms with Crippen LogP contribution in [0.1, 0.15) is 72.1 Å². The van der Waals surface area contributed by atoms with E-state index in [-0.39, 0.29) is 24.8 Å². The van der Waals surface area contributed by atoms with Gasteiger partial charge in [0.1, 0.15) is 13.2 Å². The number of hydrazine groups is 1. The van der Waals surface area contributed by atoms with Gasteiger partial charge in [0, 0.05) is 59.3 Å². The van der Waals surface area contributed by atoms with Crippen molar-refractivity contribution in [3.8, 4) is 22.5 Å². The van der Waals surface area contributed by atoms with Crippen LogP contribution >= 0.6 is 0 Å². The van der Waals surface area contributed by atoms with E-state index in [1.807, 2.05) is 48.5 Å². The normalized spacial score (nSPS) is 11.3. The minimum atomic E-state index is -1.55. The van der Waals surface area contributed by atoms with Gasteiger partial charge in [-0.3, -0.25) is 20.4 Å². The molecule has 0 bridgehead atoms. The second kappa shape index (κ2) is 23.0. The number of nitrogens with one attached hydrogen (secondary N) is 2. The lowest BCUT2D eigenvalue weighted by Crippen LogP contribution is -2.33. The summed E-state index contributed by atoms with van der Waals surface area (Å²) in [5.74, 6) is -0.211. The van der Waals surface area contributed by atoms with Gasteiger partial charge in [0.25, 0.3) is 0 Å². The molecule has 0 saturated heterocycles. The highest BCUT2D eigenvalue weighted by Crippen LogP contribution is 2.27. The predicted octanol–water partition coefficient (Wildman–Crippen LogP) is 4.79. The number of fused-ring (bicyclic) bond motifs is 2. The number of ether oxygens (including phenoxy) is 2. The van der Waals surface area contributed by atoms with Crippen LogP contribution in [0.2, 0.25) is 0 Å². The number of aromatic nitrogens is 2. The van der Waals surface area contributed by atoms with Crippen molar-refractivity contribution in [3.63, 3.8) is 0 Å². The molecule has 6 aromatic rings. The number of unbranched alkanes of at least 4 members (excludes halogenated alkanes) is 6. The van der Waals surface area contributed by atoms with Gasteiger partial charge in [-0.1, -0.05) is 111 Å². The third-order valence-electron chi connectivity index (χ3n) is 10.3. The minimum absolute atomic E-state index is 0.00925. The number of para-hydroxylation sites is 2. The maximum Gasteiger partial charge on any atom is 0.488 e. The van der Waals surface area contributed by atoms with Crippen LogP contribution in [0.15, 0.2) is 109 Å². The molecule has 4 aromatic carbocycles. The molecular weight excluding hydrogens is 758 g/mol. The van der Waals surface area contributed by atoms with Crippen molar-refractivity contribution in [2.45, 2.75) is 51.4 Å². The molecule has 0 aliphatic rings. The number of Topliss-reactive ketones (excluding diaryl/α,β-unsaturated/α-hetero) is 2. The Balaban J connectivity index is 0.788. The maximum absolute atomic E-state index is 13.2. The van der Waals surface area contributed by atoms with Crippen molar-refractivity contribution in [1.29, 1.82) is 0 Å². The van der Waals surface area contributed by atoms with E-state index in [0.717, 1.165) is 86.4 Å². The van der Waals surface area contributed by atoms with E-state index in [0.29, 0.717) is 57.7 Å². The topological polar surface area (TPSA) is 183 Å². The number of carbonyl (C=O) groups excluding carboxylic acids is 2. The Hall–Kier alpha value is -5.15. The first-order valence-electron chi connectivity index (χ1n) is 20.7. The van der Waals surface area contributed by atoms with Crippen molar-refractivity contribution < 1.29 is 39.2 Å². The fourth-order valence-electron chi connectivity index (χ4n) is 6.96. The zero-order chi connectivity index (χ0) is 42.1. The first-order valence-corrected chi connectivity index (χ1v) is 20.7. The molecule has 6 N–H and O–H groups in total. The SMILES string of the molecule is O=C(COCCCCCCNNCCCCCCOCC(=O)c1cc(-c2ccc(B(O)O)cc2)nc2ccccc12)c1cc(-c2ccc(B(O)O)cc2)nc2ccccc12. The van der Waals surface area contributed by atoms with E-state index in [9.17, 15) is 29.7 Å². The van der Waals surface area contributed by atoms with Crippen LogP contribution in [0.4, 0.5) is 0 Å². The molecule has 310 valence electrons. The molecule has 12 nitrogen and oxygen atoms in total. The van der Waals surface area contributed by atoms with Gasteiger partial charge in [0.05, 0.1) is 22.4 Å². The molecule has 0 fully saturated rings. The fourth-order valence-corrected chi connectivity index (χ4v) is 6.96. The fraction of sp³-hybridized carbons (Fsp3) is 0.304. The Morgan fingerprint density at radius 1 is 0.500 bits per heavy atom. The van der Waals surface area contributed by atoms with Crippen LogP contribution in [0.5, 0.6) is 0 Å². The quantitative estimate of drug-likeness (QED) is 0.0202. The molecular formula is C46H52B2N4O8. The second-order valence-corrected chi connectivity index (χ2v) is 14.8. The summed E-state index contributed by atoms with van der Waals surface area (Å²) < 4.78 is 11.6. The zero-order valence-electron chi connectivity index (χ0n) is 33.8. The maximum atomic E-state index is 13.2. The van der Waals surface area contributed by atoms with Crippen LogP contribution < -0.4 is 21.8 Å². The highest BCUT2D eigenvalue weighted by Gasteiger charge is 2.17. The Morgan fingerprint density at radius 2 is 0.883 bits per heavy atom. The number of ketones is 2. The number of pyridine rings is 2. The van der Waals surface area contributed by atoms with E-state index in [1.54, 1.807) is 60.7 Å². The van der Waals surface area contributed by atoms with Gasteiger partial charge in [0.15, 0.2) is 11.6 Å². The standard InChI is InChI=1S/C46H52B2N4O8/c53-45(39-29-43(51-41-15-7-5-13-37(39)41)33-17-21-35(22-18-33)47(55)56)31-59-27-11-3-1-9-25-49-50-26-10-2-4-12-28-60-32-46(54)40-30-44(52-42-16-8-6-14-38(40)42)34-19-23-36(24-20-34)48(57)58/h5-8,13-24,29-30,49-50,55-58H,1-4,9-12,25-28,31-32H2. The molecule has 2 heterocycles. The van der Waals surface area contributed by atoms with Crippen LogP contribution in [-0.2, 0) is 9.47 Å². The molecule has 0 aliphatic heterocycles. The van der Waals surface area contributed by atoms with Gasteiger partial charge in [-0.15, -0.1) is 0 Å². The van der Waals surface area contributed by atoms with Crippen molar-refractivity contribution in [2.24, 2.45) is 0 Å². The van der Waals surface area contributed by atoms with E-state index in [4.69, 9.17) is 19.4 Å². The molecule has 0 unspecified atom stereocenters. The Labute approximate surface area is 351 Å². The second-order valence-electron chi connectivity index (χ2n) is 14.8. The van der Waals surface area contributed by atoms with Crippen LogP contribution in [0.3, 0.4) is 0 Å². The first kappa shape index (κ1) is 44.4. The summed E-state index contributed by atoms with van der Waals surface area (Å²) in [6, 6.07) is 32.2. The van der Waals surface area contributed by atoms with E-state index in [1.165, 1.54) is 0 Å². The number of benzene rings is 4. The van der Waals surface area contributed by atoms with Crippen molar-refractivity contribution in [3.05, 3.63) is 120 Å². The minimum Gasteiger partial charge on any atom is -0.423 e. The van der Waals surface area contributed by atoms with E-state index in [2.05, 4.69) is 10.9 Å². The molecule has 60 heavy (non-hydrogen) atoms. The summed E-state index contributed by atoms with van der Waals surface area (Å²) >= 11 is 0. The summed E-state index contributed by atoms with van der Waals surface area (Å²) in [6.07, 6.45) is 7.96. The Kier molecular flexibility index (Phi) is 17.0. The number of carbonyl (C=O) groups is 2. The predicted molar refractivity (Wildman–Crippen MR) is 237 cm³/mol. The van der Waals surface area contributed by atoms with Crippen molar-refractivity contribution >= 4 is 58.5 Å². The smallest absolute Gasteiger partial charge is 0.423 e. The molecule has 0 saturated carbocycles. The first-order chi connectivity index (χ1) is 29.3.